The van der Waals surface area contributed by atoms with Crippen LogP contribution in [-0.4, -0.2) is 24.2 Å². The minimum atomic E-state index is -0.280. The van der Waals surface area contributed by atoms with E-state index in [4.69, 9.17) is 4.74 Å². The molecule has 0 aliphatic heterocycles. The number of ether oxygens (including phenoxy) is 2. The van der Waals surface area contributed by atoms with Crippen LogP contribution in [0.2, 0.25) is 0 Å². The molecule has 4 nitrogen and oxygen atoms in total. The Balaban J connectivity index is 1.99. The van der Waals surface area contributed by atoms with Crippen LogP contribution < -0.4 is 0 Å². The normalized spacial score (nSPS) is 9.92. The molecule has 1 aromatic rings. The third-order valence-electron chi connectivity index (χ3n) is 1.27. The molecule has 0 aromatic carbocycles. The lowest BCUT2D eigenvalue weighted by molar-refractivity contribution is -0.142. The SMILES string of the molecule is CC(=O)OCCOCc1cscn1. The first-order valence-corrected chi connectivity index (χ1v) is 4.81. The molecule has 0 radical (unpaired) electrons. The van der Waals surface area contributed by atoms with Crippen molar-refractivity contribution in [3.8, 4) is 0 Å². The summed E-state index contributed by atoms with van der Waals surface area (Å²) in [6.07, 6.45) is 0. The van der Waals surface area contributed by atoms with Crippen LogP contribution in [0.3, 0.4) is 0 Å². The summed E-state index contributed by atoms with van der Waals surface area (Å²) in [6, 6.07) is 0. The van der Waals surface area contributed by atoms with Gasteiger partial charge in [0.2, 0.25) is 0 Å². The second-order valence-electron chi connectivity index (χ2n) is 2.37. The van der Waals surface area contributed by atoms with Crippen LogP contribution >= 0.6 is 11.3 Å². The van der Waals surface area contributed by atoms with Crippen LogP contribution in [-0.2, 0) is 20.9 Å². The molecule has 0 saturated carbocycles. The van der Waals surface area contributed by atoms with Gasteiger partial charge in [-0.25, -0.2) is 4.98 Å². The average molecular weight is 201 g/mol. The van der Waals surface area contributed by atoms with Crippen molar-refractivity contribution < 1.29 is 14.3 Å². The molecule has 0 saturated heterocycles. The van der Waals surface area contributed by atoms with Gasteiger partial charge in [0.05, 0.1) is 24.4 Å². The lowest BCUT2D eigenvalue weighted by Gasteiger charge is -2.01. The molecular formula is C8H11NO3S. The first-order chi connectivity index (χ1) is 6.29. The van der Waals surface area contributed by atoms with Crippen LogP contribution in [0, 0.1) is 0 Å². The Morgan fingerprint density at radius 3 is 3.08 bits per heavy atom. The molecule has 0 spiro atoms. The summed E-state index contributed by atoms with van der Waals surface area (Å²) in [5, 5.41) is 1.92. The quantitative estimate of drug-likeness (QED) is 0.531. The lowest BCUT2D eigenvalue weighted by Crippen LogP contribution is -2.07. The lowest BCUT2D eigenvalue weighted by atomic mass is 10.5. The molecule has 1 aromatic heterocycles. The summed E-state index contributed by atoms with van der Waals surface area (Å²) in [7, 11) is 0. The minimum Gasteiger partial charge on any atom is -0.463 e. The number of rotatable bonds is 5. The number of aromatic nitrogens is 1. The molecule has 13 heavy (non-hydrogen) atoms. The number of carbonyl (C=O) groups is 1. The number of hydrogen-bond acceptors (Lipinski definition) is 5. The van der Waals surface area contributed by atoms with E-state index in [1.165, 1.54) is 18.3 Å². The summed E-state index contributed by atoms with van der Waals surface area (Å²) < 4.78 is 9.87. The fourth-order valence-electron chi connectivity index (χ4n) is 0.730. The zero-order valence-electron chi connectivity index (χ0n) is 7.36. The van der Waals surface area contributed by atoms with E-state index in [2.05, 4.69) is 9.72 Å². The summed E-state index contributed by atoms with van der Waals surface area (Å²) in [5.74, 6) is -0.280. The van der Waals surface area contributed by atoms with Crippen LogP contribution in [0.4, 0.5) is 0 Å². The van der Waals surface area contributed by atoms with Gasteiger partial charge in [-0.15, -0.1) is 11.3 Å². The van der Waals surface area contributed by atoms with E-state index < -0.39 is 0 Å². The molecule has 0 N–H and O–H groups in total. The third kappa shape index (κ3) is 4.59. The summed E-state index contributed by atoms with van der Waals surface area (Å²) in [5.41, 5.74) is 2.66. The van der Waals surface area contributed by atoms with E-state index in [0.29, 0.717) is 19.8 Å². The number of esters is 1. The van der Waals surface area contributed by atoms with Crippen molar-refractivity contribution in [2.45, 2.75) is 13.5 Å². The topological polar surface area (TPSA) is 48.4 Å². The van der Waals surface area contributed by atoms with E-state index in [1.54, 1.807) is 5.51 Å². The highest BCUT2D eigenvalue weighted by Crippen LogP contribution is 2.01. The van der Waals surface area contributed by atoms with Gasteiger partial charge in [0, 0.05) is 12.3 Å². The van der Waals surface area contributed by atoms with E-state index in [0.717, 1.165) is 5.69 Å². The molecule has 0 aliphatic carbocycles. The number of thiazole rings is 1. The van der Waals surface area contributed by atoms with Crippen molar-refractivity contribution in [3.63, 3.8) is 0 Å². The monoisotopic (exact) mass is 201 g/mol. The average Bonchev–Trinajstić information content (AvgIpc) is 2.55. The summed E-state index contributed by atoms with van der Waals surface area (Å²) in [4.78, 5) is 14.4. The molecule has 72 valence electrons. The van der Waals surface area contributed by atoms with Gasteiger partial charge in [0.25, 0.3) is 0 Å². The standard InChI is InChI=1S/C8H11NO3S/c1-7(10)12-3-2-11-4-8-5-13-6-9-8/h5-6H,2-4H2,1H3. The fraction of sp³-hybridized carbons (Fsp3) is 0.500. The Morgan fingerprint density at radius 2 is 2.46 bits per heavy atom. The second kappa shape index (κ2) is 5.66. The van der Waals surface area contributed by atoms with Crippen LogP contribution in [0.1, 0.15) is 12.6 Å². The summed E-state index contributed by atoms with van der Waals surface area (Å²) >= 11 is 1.53. The maximum absolute atomic E-state index is 10.3. The highest BCUT2D eigenvalue weighted by Gasteiger charge is 1.95. The highest BCUT2D eigenvalue weighted by molar-refractivity contribution is 7.07. The second-order valence-corrected chi connectivity index (χ2v) is 3.09. The van der Waals surface area contributed by atoms with Crippen molar-refractivity contribution in [3.05, 3.63) is 16.6 Å². The Labute approximate surface area is 80.5 Å². The zero-order chi connectivity index (χ0) is 9.52. The van der Waals surface area contributed by atoms with E-state index in [1.807, 2.05) is 5.38 Å². The van der Waals surface area contributed by atoms with Crippen molar-refractivity contribution in [2.75, 3.05) is 13.2 Å². The Hall–Kier alpha value is -0.940. The molecule has 0 fully saturated rings. The molecule has 0 amide bonds. The highest BCUT2D eigenvalue weighted by atomic mass is 32.1. The van der Waals surface area contributed by atoms with Crippen LogP contribution in [0.5, 0.6) is 0 Å². The molecule has 0 bridgehead atoms. The maximum atomic E-state index is 10.3. The number of hydrogen-bond donors (Lipinski definition) is 0. The molecular weight excluding hydrogens is 190 g/mol. The van der Waals surface area contributed by atoms with Gasteiger partial charge in [0.15, 0.2) is 0 Å². The van der Waals surface area contributed by atoms with Crippen molar-refractivity contribution in [1.82, 2.24) is 4.98 Å². The predicted molar refractivity (Wildman–Crippen MR) is 48.4 cm³/mol. The molecule has 0 unspecified atom stereocenters. The minimum absolute atomic E-state index is 0.280. The van der Waals surface area contributed by atoms with Gasteiger partial charge < -0.3 is 9.47 Å². The van der Waals surface area contributed by atoms with E-state index in [9.17, 15) is 4.79 Å². The Kier molecular flexibility index (Phi) is 4.42. The smallest absolute Gasteiger partial charge is 0.302 e. The van der Waals surface area contributed by atoms with Gasteiger partial charge in [-0.1, -0.05) is 0 Å². The fourth-order valence-corrected chi connectivity index (χ4v) is 1.27. The van der Waals surface area contributed by atoms with Gasteiger partial charge in [-0.2, -0.15) is 0 Å². The summed E-state index contributed by atoms with van der Waals surface area (Å²) in [6.45, 7) is 2.57. The predicted octanol–water partition coefficient (Wildman–Crippen LogP) is 1.22. The van der Waals surface area contributed by atoms with Crippen molar-refractivity contribution in [2.24, 2.45) is 0 Å². The zero-order valence-corrected chi connectivity index (χ0v) is 8.17. The van der Waals surface area contributed by atoms with Gasteiger partial charge in [-0.3, -0.25) is 4.79 Å². The molecule has 1 heterocycles. The first kappa shape index (κ1) is 10.1. The maximum Gasteiger partial charge on any atom is 0.302 e. The van der Waals surface area contributed by atoms with E-state index in [-0.39, 0.29) is 5.97 Å². The molecule has 5 heteroatoms. The number of carbonyl (C=O) groups excluding carboxylic acids is 1. The molecule has 0 aliphatic rings. The van der Waals surface area contributed by atoms with E-state index >= 15 is 0 Å². The van der Waals surface area contributed by atoms with Gasteiger partial charge >= 0.3 is 5.97 Å². The number of nitrogens with zero attached hydrogens (tertiary/aromatic N) is 1. The van der Waals surface area contributed by atoms with Crippen molar-refractivity contribution >= 4 is 17.3 Å². The Bertz CT molecular complexity index is 248. The largest absolute Gasteiger partial charge is 0.463 e. The van der Waals surface area contributed by atoms with Gasteiger partial charge in [0.1, 0.15) is 6.61 Å². The van der Waals surface area contributed by atoms with Crippen LogP contribution in [0.25, 0.3) is 0 Å². The van der Waals surface area contributed by atoms with Crippen LogP contribution in [0.15, 0.2) is 10.9 Å². The third-order valence-corrected chi connectivity index (χ3v) is 1.90. The van der Waals surface area contributed by atoms with Crippen molar-refractivity contribution in [1.29, 1.82) is 0 Å². The van der Waals surface area contributed by atoms with Gasteiger partial charge in [-0.05, 0) is 0 Å². The Morgan fingerprint density at radius 1 is 1.62 bits per heavy atom. The first-order valence-electron chi connectivity index (χ1n) is 3.87. The molecule has 0 atom stereocenters. The molecule has 1 rings (SSSR count).